The molecule has 0 radical (unpaired) electrons. The van der Waals surface area contributed by atoms with E-state index in [0.29, 0.717) is 0 Å². The predicted octanol–water partition coefficient (Wildman–Crippen LogP) is 3.47. The molecule has 2 atom stereocenters. The Bertz CT molecular complexity index is 534. The summed E-state index contributed by atoms with van der Waals surface area (Å²) in [5, 5.41) is 0. The molecule has 0 saturated heterocycles. The lowest BCUT2D eigenvalue weighted by molar-refractivity contribution is 0.190. The van der Waals surface area contributed by atoms with Crippen LogP contribution in [-0.4, -0.2) is 13.2 Å². The molecular formula is C17H21NO2. The Balaban J connectivity index is 2.03. The number of rotatable bonds is 5. The van der Waals surface area contributed by atoms with Gasteiger partial charge in [-0.2, -0.15) is 0 Å². The first-order valence-corrected chi connectivity index (χ1v) is 6.73. The largest absolute Gasteiger partial charge is 0.497 e. The number of hydrogen-bond donors (Lipinski definition) is 1. The SMILES string of the molecule is COc1ccc(C(N)C(C)Oc2ccc(C)cc2)cc1. The van der Waals surface area contributed by atoms with Crippen LogP contribution >= 0.6 is 0 Å². The summed E-state index contributed by atoms with van der Waals surface area (Å²) < 4.78 is 11.0. The van der Waals surface area contributed by atoms with Gasteiger partial charge in [-0.05, 0) is 43.7 Å². The number of hydrogen-bond acceptors (Lipinski definition) is 3. The first-order chi connectivity index (χ1) is 9.60. The van der Waals surface area contributed by atoms with Gasteiger partial charge in [-0.3, -0.25) is 0 Å². The fourth-order valence-electron chi connectivity index (χ4n) is 2.00. The summed E-state index contributed by atoms with van der Waals surface area (Å²) in [4.78, 5) is 0. The second-order valence-corrected chi connectivity index (χ2v) is 4.93. The molecule has 2 N–H and O–H groups in total. The van der Waals surface area contributed by atoms with E-state index in [9.17, 15) is 0 Å². The van der Waals surface area contributed by atoms with E-state index in [2.05, 4.69) is 6.92 Å². The van der Waals surface area contributed by atoms with Crippen LogP contribution in [0.1, 0.15) is 24.1 Å². The van der Waals surface area contributed by atoms with Gasteiger partial charge in [-0.25, -0.2) is 0 Å². The van der Waals surface area contributed by atoms with E-state index in [4.69, 9.17) is 15.2 Å². The van der Waals surface area contributed by atoms with Gasteiger partial charge in [-0.1, -0.05) is 29.8 Å². The zero-order chi connectivity index (χ0) is 14.5. The van der Waals surface area contributed by atoms with Crippen molar-refractivity contribution < 1.29 is 9.47 Å². The maximum absolute atomic E-state index is 6.24. The monoisotopic (exact) mass is 271 g/mol. The Morgan fingerprint density at radius 3 is 2.00 bits per heavy atom. The van der Waals surface area contributed by atoms with Crippen LogP contribution < -0.4 is 15.2 Å². The minimum atomic E-state index is -0.179. The highest BCUT2D eigenvalue weighted by atomic mass is 16.5. The van der Waals surface area contributed by atoms with E-state index in [1.807, 2.05) is 55.5 Å². The van der Waals surface area contributed by atoms with Crippen LogP contribution in [0.25, 0.3) is 0 Å². The predicted molar refractivity (Wildman–Crippen MR) is 81.2 cm³/mol. The fraction of sp³-hybridized carbons (Fsp3) is 0.294. The highest BCUT2D eigenvalue weighted by Gasteiger charge is 2.16. The van der Waals surface area contributed by atoms with Gasteiger partial charge in [0.1, 0.15) is 17.6 Å². The van der Waals surface area contributed by atoms with Crippen LogP contribution in [0.3, 0.4) is 0 Å². The molecule has 2 rings (SSSR count). The van der Waals surface area contributed by atoms with Gasteiger partial charge in [0, 0.05) is 0 Å². The molecule has 20 heavy (non-hydrogen) atoms. The summed E-state index contributed by atoms with van der Waals surface area (Å²) in [7, 11) is 1.65. The molecule has 106 valence electrons. The van der Waals surface area contributed by atoms with Crippen molar-refractivity contribution >= 4 is 0 Å². The van der Waals surface area contributed by atoms with Crippen molar-refractivity contribution in [2.75, 3.05) is 7.11 Å². The molecule has 0 amide bonds. The third-order valence-electron chi connectivity index (χ3n) is 3.35. The van der Waals surface area contributed by atoms with Crippen LogP contribution in [0.4, 0.5) is 0 Å². The average Bonchev–Trinajstić information content (AvgIpc) is 2.49. The number of ether oxygens (including phenoxy) is 2. The molecule has 2 aromatic carbocycles. The Hall–Kier alpha value is -2.00. The minimum Gasteiger partial charge on any atom is -0.497 e. The Morgan fingerprint density at radius 2 is 1.45 bits per heavy atom. The topological polar surface area (TPSA) is 44.5 Å². The van der Waals surface area contributed by atoms with Crippen molar-refractivity contribution in [3.05, 3.63) is 59.7 Å². The summed E-state index contributed by atoms with van der Waals surface area (Å²) in [5.74, 6) is 1.67. The molecule has 0 aromatic heterocycles. The summed E-state index contributed by atoms with van der Waals surface area (Å²) >= 11 is 0. The average molecular weight is 271 g/mol. The van der Waals surface area contributed by atoms with Crippen LogP contribution in [0.5, 0.6) is 11.5 Å². The molecular weight excluding hydrogens is 250 g/mol. The number of methoxy groups -OCH3 is 1. The third-order valence-corrected chi connectivity index (χ3v) is 3.35. The van der Waals surface area contributed by atoms with Crippen LogP contribution in [0, 0.1) is 6.92 Å². The molecule has 0 aliphatic heterocycles. The van der Waals surface area contributed by atoms with Gasteiger partial charge in [0.25, 0.3) is 0 Å². The lowest BCUT2D eigenvalue weighted by Crippen LogP contribution is -2.28. The van der Waals surface area contributed by atoms with Crippen LogP contribution in [-0.2, 0) is 0 Å². The molecule has 0 aliphatic rings. The number of benzene rings is 2. The summed E-state index contributed by atoms with van der Waals surface area (Å²) in [6.45, 7) is 4.03. The van der Waals surface area contributed by atoms with Crippen molar-refractivity contribution in [3.8, 4) is 11.5 Å². The first kappa shape index (κ1) is 14.4. The van der Waals surface area contributed by atoms with E-state index in [-0.39, 0.29) is 12.1 Å². The number of nitrogens with two attached hydrogens (primary N) is 1. The highest BCUT2D eigenvalue weighted by Crippen LogP contribution is 2.22. The van der Waals surface area contributed by atoms with Gasteiger partial charge in [0.05, 0.1) is 13.2 Å². The molecule has 0 fully saturated rings. The Kier molecular flexibility index (Phi) is 4.64. The van der Waals surface area contributed by atoms with E-state index in [1.54, 1.807) is 7.11 Å². The zero-order valence-corrected chi connectivity index (χ0v) is 12.2. The smallest absolute Gasteiger partial charge is 0.119 e. The quantitative estimate of drug-likeness (QED) is 0.905. The highest BCUT2D eigenvalue weighted by molar-refractivity contribution is 5.30. The molecule has 2 aromatic rings. The van der Waals surface area contributed by atoms with E-state index >= 15 is 0 Å². The van der Waals surface area contributed by atoms with Crippen molar-refractivity contribution in [2.24, 2.45) is 5.73 Å². The second kappa shape index (κ2) is 6.44. The van der Waals surface area contributed by atoms with Crippen molar-refractivity contribution in [1.82, 2.24) is 0 Å². The molecule has 2 unspecified atom stereocenters. The molecule has 0 spiro atoms. The normalized spacial score (nSPS) is 13.6. The molecule has 0 saturated carbocycles. The van der Waals surface area contributed by atoms with Gasteiger partial charge >= 0.3 is 0 Å². The first-order valence-electron chi connectivity index (χ1n) is 6.73. The molecule has 3 heteroatoms. The Morgan fingerprint density at radius 1 is 0.900 bits per heavy atom. The van der Waals surface area contributed by atoms with Gasteiger partial charge < -0.3 is 15.2 Å². The number of aryl methyl sites for hydroxylation is 1. The van der Waals surface area contributed by atoms with Gasteiger partial charge in [0.2, 0.25) is 0 Å². The minimum absolute atomic E-state index is 0.105. The summed E-state index contributed by atoms with van der Waals surface area (Å²) in [6.07, 6.45) is -0.105. The third kappa shape index (κ3) is 3.52. The standard InChI is InChI=1S/C17H21NO2/c1-12-4-8-16(9-5-12)20-13(2)17(18)14-6-10-15(19-3)11-7-14/h4-11,13,17H,18H2,1-3H3. The van der Waals surface area contributed by atoms with Gasteiger partial charge in [-0.15, -0.1) is 0 Å². The van der Waals surface area contributed by atoms with E-state index in [1.165, 1.54) is 5.56 Å². The van der Waals surface area contributed by atoms with Gasteiger partial charge in [0.15, 0.2) is 0 Å². The second-order valence-electron chi connectivity index (χ2n) is 4.93. The molecule has 0 aliphatic carbocycles. The van der Waals surface area contributed by atoms with E-state index in [0.717, 1.165) is 17.1 Å². The molecule has 3 nitrogen and oxygen atoms in total. The van der Waals surface area contributed by atoms with Crippen molar-refractivity contribution in [1.29, 1.82) is 0 Å². The maximum Gasteiger partial charge on any atom is 0.119 e. The summed E-state index contributed by atoms with van der Waals surface area (Å²) in [5.41, 5.74) is 8.49. The van der Waals surface area contributed by atoms with Crippen molar-refractivity contribution in [2.45, 2.75) is 26.0 Å². The van der Waals surface area contributed by atoms with Crippen LogP contribution in [0.15, 0.2) is 48.5 Å². The Labute approximate surface area is 120 Å². The summed E-state index contributed by atoms with van der Waals surface area (Å²) in [6, 6.07) is 15.6. The fourth-order valence-corrected chi connectivity index (χ4v) is 2.00. The lowest BCUT2D eigenvalue weighted by atomic mass is 10.0. The zero-order valence-electron chi connectivity index (χ0n) is 12.2. The maximum atomic E-state index is 6.24. The van der Waals surface area contributed by atoms with Crippen LogP contribution in [0.2, 0.25) is 0 Å². The van der Waals surface area contributed by atoms with E-state index < -0.39 is 0 Å². The molecule has 0 heterocycles. The lowest BCUT2D eigenvalue weighted by Gasteiger charge is -2.22. The molecule has 0 bridgehead atoms. The van der Waals surface area contributed by atoms with Crippen molar-refractivity contribution in [3.63, 3.8) is 0 Å².